The lowest BCUT2D eigenvalue weighted by atomic mass is 9.97. The summed E-state index contributed by atoms with van der Waals surface area (Å²) in [5, 5.41) is 9.57. The highest BCUT2D eigenvalue weighted by Crippen LogP contribution is 2.33. The maximum absolute atomic E-state index is 14.1. The van der Waals surface area contributed by atoms with Gasteiger partial charge in [-0.25, -0.2) is 9.20 Å². The Hall–Kier alpha value is -3.29. The molecule has 0 atom stereocenters. The molecule has 0 bridgehead atoms. The highest BCUT2D eigenvalue weighted by Gasteiger charge is 2.23. The molecule has 0 saturated heterocycles. The Morgan fingerprint density at radius 3 is 2.21 bits per heavy atom. The Bertz CT molecular complexity index is 1490. The van der Waals surface area contributed by atoms with Crippen LogP contribution in [0.2, 0.25) is 5.02 Å². The predicted molar refractivity (Wildman–Crippen MR) is 134 cm³/mol. The summed E-state index contributed by atoms with van der Waals surface area (Å²) in [7, 11) is 0. The number of aromatic nitrogens is 5. The van der Waals surface area contributed by atoms with Crippen LogP contribution in [0.15, 0.2) is 82.3 Å². The lowest BCUT2D eigenvalue weighted by molar-refractivity contribution is 0.580. The zero-order chi connectivity index (χ0) is 22.9. The summed E-state index contributed by atoms with van der Waals surface area (Å²) in [6.45, 7) is 2.39. The van der Waals surface area contributed by atoms with Crippen LogP contribution in [0.3, 0.4) is 0 Å². The van der Waals surface area contributed by atoms with E-state index in [1.807, 2.05) is 72.1 Å². The van der Waals surface area contributed by atoms with Crippen LogP contribution in [-0.2, 0) is 13.0 Å². The van der Waals surface area contributed by atoms with Crippen molar-refractivity contribution in [1.82, 2.24) is 24.4 Å². The molecule has 3 aromatic heterocycles. The topological polar surface area (TPSA) is 65.1 Å². The van der Waals surface area contributed by atoms with Crippen LogP contribution in [0.5, 0.6) is 0 Å². The number of fused-ring (bicyclic) bond motifs is 1. The molecule has 164 valence electrons. The van der Waals surface area contributed by atoms with Crippen LogP contribution in [0, 0.1) is 0 Å². The van der Waals surface area contributed by atoms with Gasteiger partial charge in [-0.05, 0) is 53.1 Å². The van der Waals surface area contributed by atoms with Gasteiger partial charge in [0, 0.05) is 33.9 Å². The smallest absolute Gasteiger partial charge is 0.267 e. The third-order valence-corrected chi connectivity index (χ3v) is 6.31. The van der Waals surface area contributed by atoms with Crippen molar-refractivity contribution in [2.75, 3.05) is 0 Å². The van der Waals surface area contributed by atoms with Gasteiger partial charge >= 0.3 is 0 Å². The van der Waals surface area contributed by atoms with Gasteiger partial charge in [0.1, 0.15) is 0 Å². The summed E-state index contributed by atoms with van der Waals surface area (Å²) in [4.78, 5) is 18.2. The molecule has 2 aromatic carbocycles. The van der Waals surface area contributed by atoms with Crippen LogP contribution in [0.1, 0.15) is 18.3 Å². The van der Waals surface area contributed by atoms with Gasteiger partial charge in [-0.2, -0.15) is 0 Å². The van der Waals surface area contributed by atoms with Gasteiger partial charge in [0.05, 0.1) is 12.1 Å². The average molecular weight is 521 g/mol. The monoisotopic (exact) mass is 519 g/mol. The lowest BCUT2D eigenvalue weighted by Crippen LogP contribution is -2.30. The van der Waals surface area contributed by atoms with E-state index in [9.17, 15) is 4.79 Å². The van der Waals surface area contributed by atoms with Crippen molar-refractivity contribution in [2.24, 2.45) is 0 Å². The van der Waals surface area contributed by atoms with Crippen LogP contribution in [0.4, 0.5) is 0 Å². The van der Waals surface area contributed by atoms with Gasteiger partial charge in [-0.15, -0.1) is 10.2 Å². The van der Waals surface area contributed by atoms with Gasteiger partial charge in [0.2, 0.25) is 0 Å². The van der Waals surface area contributed by atoms with Crippen molar-refractivity contribution in [3.05, 3.63) is 104 Å². The molecule has 0 radical (unpaired) electrons. The second-order valence-electron chi connectivity index (χ2n) is 7.59. The second kappa shape index (κ2) is 8.92. The molecule has 0 aliphatic carbocycles. The molecule has 5 rings (SSSR count). The van der Waals surface area contributed by atoms with Crippen molar-refractivity contribution in [3.63, 3.8) is 0 Å². The molecular weight excluding hydrogens is 502 g/mol. The zero-order valence-corrected chi connectivity index (χ0v) is 20.1. The Balaban J connectivity index is 1.88. The van der Waals surface area contributed by atoms with Crippen molar-refractivity contribution in [3.8, 4) is 22.3 Å². The van der Waals surface area contributed by atoms with Gasteiger partial charge in [0.25, 0.3) is 5.56 Å². The molecule has 0 aliphatic rings. The molecule has 8 heteroatoms. The standard InChI is InChI=1S/C25H19BrClN5O/c1-2-21-29-30-24-22(17-5-9-20(27)10-6-17)23(18-11-13-28-14-12-18)25(33)31(32(21)24)15-16-3-7-19(26)8-4-16/h3-14H,2,15H2,1H3. The first-order chi connectivity index (χ1) is 16.1. The van der Waals surface area contributed by atoms with Gasteiger partial charge < -0.3 is 0 Å². The zero-order valence-electron chi connectivity index (χ0n) is 17.7. The minimum absolute atomic E-state index is 0.129. The fourth-order valence-corrected chi connectivity index (χ4v) is 4.35. The average Bonchev–Trinajstić information content (AvgIpc) is 3.27. The first kappa shape index (κ1) is 21.6. The molecule has 6 nitrogen and oxygen atoms in total. The van der Waals surface area contributed by atoms with Crippen molar-refractivity contribution in [2.45, 2.75) is 19.9 Å². The molecule has 0 spiro atoms. The summed E-state index contributed by atoms with van der Waals surface area (Å²) >= 11 is 9.62. The summed E-state index contributed by atoms with van der Waals surface area (Å²) < 4.78 is 4.55. The maximum atomic E-state index is 14.1. The Morgan fingerprint density at radius 1 is 0.879 bits per heavy atom. The third kappa shape index (κ3) is 3.98. The second-order valence-corrected chi connectivity index (χ2v) is 8.94. The van der Waals surface area contributed by atoms with E-state index >= 15 is 0 Å². The molecule has 0 fully saturated rings. The molecule has 0 aliphatic heterocycles. The van der Waals surface area contributed by atoms with E-state index in [4.69, 9.17) is 11.6 Å². The molecule has 0 amide bonds. The van der Waals surface area contributed by atoms with Gasteiger partial charge in [-0.3, -0.25) is 9.78 Å². The molecule has 3 heterocycles. The highest BCUT2D eigenvalue weighted by molar-refractivity contribution is 9.10. The van der Waals surface area contributed by atoms with Gasteiger partial charge in [-0.1, -0.05) is 58.7 Å². The van der Waals surface area contributed by atoms with Crippen LogP contribution >= 0.6 is 27.5 Å². The van der Waals surface area contributed by atoms with Crippen molar-refractivity contribution in [1.29, 1.82) is 0 Å². The van der Waals surface area contributed by atoms with Crippen LogP contribution in [0.25, 0.3) is 27.9 Å². The summed E-state index contributed by atoms with van der Waals surface area (Å²) in [6.07, 6.45) is 4.01. The number of hydrogen-bond donors (Lipinski definition) is 0. The van der Waals surface area contributed by atoms with Crippen molar-refractivity contribution >= 4 is 33.2 Å². The molecule has 0 saturated carbocycles. The molecule has 33 heavy (non-hydrogen) atoms. The summed E-state index contributed by atoms with van der Waals surface area (Å²) in [5.41, 5.74) is 4.39. The molecule has 5 aromatic rings. The number of rotatable bonds is 5. The van der Waals surface area contributed by atoms with E-state index in [0.717, 1.165) is 32.6 Å². The number of hydrogen-bond acceptors (Lipinski definition) is 4. The van der Waals surface area contributed by atoms with E-state index in [1.165, 1.54) is 0 Å². The maximum Gasteiger partial charge on any atom is 0.274 e. The van der Waals surface area contributed by atoms with E-state index < -0.39 is 0 Å². The largest absolute Gasteiger partial charge is 0.274 e. The summed E-state index contributed by atoms with van der Waals surface area (Å²) in [6, 6.07) is 19.0. The van der Waals surface area contributed by atoms with E-state index in [2.05, 4.69) is 31.1 Å². The number of benzene rings is 2. The predicted octanol–water partition coefficient (Wildman–Crippen LogP) is 5.65. The number of aryl methyl sites for hydroxylation is 1. The highest BCUT2D eigenvalue weighted by atomic mass is 79.9. The fraction of sp³-hybridized carbons (Fsp3) is 0.120. The quantitative estimate of drug-likeness (QED) is 0.300. The van der Waals surface area contributed by atoms with E-state index in [0.29, 0.717) is 29.2 Å². The number of pyridine rings is 1. The Morgan fingerprint density at radius 2 is 1.55 bits per heavy atom. The van der Waals surface area contributed by atoms with E-state index in [-0.39, 0.29) is 5.56 Å². The number of nitrogens with zero attached hydrogens (tertiary/aromatic N) is 5. The molecule has 0 unspecified atom stereocenters. The minimum Gasteiger partial charge on any atom is -0.267 e. The van der Waals surface area contributed by atoms with E-state index in [1.54, 1.807) is 17.1 Å². The van der Waals surface area contributed by atoms with Crippen molar-refractivity contribution < 1.29 is 0 Å². The first-order valence-corrected chi connectivity index (χ1v) is 11.7. The minimum atomic E-state index is -0.129. The fourth-order valence-electron chi connectivity index (χ4n) is 3.96. The Kier molecular flexibility index (Phi) is 5.83. The van der Waals surface area contributed by atoms with Crippen LogP contribution < -0.4 is 5.56 Å². The normalized spacial score (nSPS) is 11.2. The molecular formula is C25H19BrClN5O. The van der Waals surface area contributed by atoms with Gasteiger partial charge in [0.15, 0.2) is 11.5 Å². The van der Waals surface area contributed by atoms with Crippen LogP contribution in [-0.4, -0.2) is 24.4 Å². The molecule has 0 N–H and O–H groups in total. The first-order valence-electron chi connectivity index (χ1n) is 10.5. The SMILES string of the molecule is CCc1nnc2c(-c3ccc(Cl)cc3)c(-c3ccncc3)c(=O)n(Cc3ccc(Br)cc3)n12. The summed E-state index contributed by atoms with van der Waals surface area (Å²) in [5.74, 6) is 0.718. The Labute approximate surface area is 203 Å². The third-order valence-electron chi connectivity index (χ3n) is 5.53. The lowest BCUT2D eigenvalue weighted by Gasteiger charge is -2.17. The number of halogens is 2.